The smallest absolute Gasteiger partial charge is 0.329 e. The van der Waals surface area contributed by atoms with Gasteiger partial charge in [-0.15, -0.1) is 0 Å². The third-order valence-corrected chi connectivity index (χ3v) is 6.66. The molecule has 1 aliphatic rings. The van der Waals surface area contributed by atoms with E-state index in [0.29, 0.717) is 45.2 Å². The minimum absolute atomic E-state index is 0.0545. The number of benzene rings is 2. The summed E-state index contributed by atoms with van der Waals surface area (Å²) in [6, 6.07) is 8.92. The number of nitrogens with one attached hydrogen (secondary N) is 2. The lowest BCUT2D eigenvalue weighted by atomic mass is 10.1. The van der Waals surface area contributed by atoms with Crippen molar-refractivity contribution in [3.63, 3.8) is 0 Å². The number of nitrogens with zero attached hydrogens (tertiary/aromatic N) is 2. The molecule has 1 saturated heterocycles. The Morgan fingerprint density at radius 1 is 1.00 bits per heavy atom. The quantitative estimate of drug-likeness (QED) is 0.156. The summed E-state index contributed by atoms with van der Waals surface area (Å²) in [5.74, 6) is 0.383. The number of carbonyl (C=O) groups excluding carboxylic acids is 3. The number of amides is 3. The summed E-state index contributed by atoms with van der Waals surface area (Å²) < 4.78 is 22.7. The summed E-state index contributed by atoms with van der Waals surface area (Å²) in [5, 5.41) is 6.46. The third kappa shape index (κ3) is 8.73. The fourth-order valence-corrected chi connectivity index (χ4v) is 4.69. The first-order valence-corrected chi connectivity index (χ1v) is 13.6. The van der Waals surface area contributed by atoms with Crippen LogP contribution < -0.4 is 29.7 Å². The maximum absolute atomic E-state index is 12.4. The molecule has 3 rings (SSSR count). The van der Waals surface area contributed by atoms with Crippen molar-refractivity contribution in [2.24, 2.45) is 5.10 Å². The number of hydrogen-bond acceptors (Lipinski definition) is 8. The molecule has 2 N–H and O–H groups in total. The number of ether oxygens (including phenoxy) is 4. The molecule has 0 aromatic heterocycles. The van der Waals surface area contributed by atoms with Crippen LogP contribution in [0.1, 0.15) is 30.9 Å². The van der Waals surface area contributed by atoms with Gasteiger partial charge < -0.3 is 29.2 Å². The minimum Gasteiger partial charge on any atom is -0.493 e. The molecule has 1 aliphatic heterocycles. The van der Waals surface area contributed by atoms with E-state index in [9.17, 15) is 14.4 Å². The van der Waals surface area contributed by atoms with Gasteiger partial charge in [0.15, 0.2) is 29.6 Å². The SMILES string of the molecule is CCOc1cc(/C=N\NC(=O)C(=O)NCCc2ccc(OC)c(OC)c2)cc(I)c1OCC(=O)N1CCCC1. The maximum Gasteiger partial charge on any atom is 0.329 e. The van der Waals surface area contributed by atoms with Gasteiger partial charge in [0, 0.05) is 19.6 Å². The van der Waals surface area contributed by atoms with Crippen molar-refractivity contribution in [3.8, 4) is 23.0 Å². The van der Waals surface area contributed by atoms with E-state index in [1.54, 1.807) is 37.3 Å². The number of methoxy groups -OCH3 is 2. The van der Waals surface area contributed by atoms with Crippen LogP contribution in [0.25, 0.3) is 0 Å². The van der Waals surface area contributed by atoms with E-state index in [4.69, 9.17) is 18.9 Å². The minimum atomic E-state index is -0.890. The van der Waals surface area contributed by atoms with Crippen molar-refractivity contribution in [2.45, 2.75) is 26.2 Å². The van der Waals surface area contributed by atoms with Gasteiger partial charge in [-0.1, -0.05) is 6.07 Å². The second-order valence-corrected chi connectivity index (χ2v) is 9.70. The fraction of sp³-hybridized carbons (Fsp3) is 0.407. The fourth-order valence-electron chi connectivity index (χ4n) is 3.91. The van der Waals surface area contributed by atoms with Gasteiger partial charge in [-0.2, -0.15) is 5.10 Å². The zero-order valence-electron chi connectivity index (χ0n) is 22.3. The van der Waals surface area contributed by atoms with Crippen molar-refractivity contribution >= 4 is 46.5 Å². The molecular formula is C27H33IN4O7. The van der Waals surface area contributed by atoms with Crippen LogP contribution >= 0.6 is 22.6 Å². The Bertz CT molecular complexity index is 1200. The molecule has 0 atom stereocenters. The summed E-state index contributed by atoms with van der Waals surface area (Å²) in [6.45, 7) is 3.94. The first-order valence-electron chi connectivity index (χ1n) is 12.5. The predicted molar refractivity (Wildman–Crippen MR) is 154 cm³/mol. The van der Waals surface area contributed by atoms with E-state index in [2.05, 4.69) is 38.4 Å². The lowest BCUT2D eigenvalue weighted by Crippen LogP contribution is -2.38. The van der Waals surface area contributed by atoms with Crippen molar-refractivity contribution in [2.75, 3.05) is 47.1 Å². The molecule has 0 bridgehead atoms. The Kier molecular flexibility index (Phi) is 11.6. The molecule has 0 aliphatic carbocycles. The molecule has 0 saturated carbocycles. The molecule has 12 heteroatoms. The number of likely N-dealkylation sites (tertiary alicyclic amines) is 1. The molecule has 1 fully saturated rings. The summed E-state index contributed by atoms with van der Waals surface area (Å²) in [6.07, 6.45) is 3.93. The van der Waals surface area contributed by atoms with Crippen molar-refractivity contribution in [1.82, 2.24) is 15.6 Å². The van der Waals surface area contributed by atoms with E-state index in [1.165, 1.54) is 6.21 Å². The highest BCUT2D eigenvalue weighted by Gasteiger charge is 2.20. The van der Waals surface area contributed by atoms with Crippen LogP contribution in [0, 0.1) is 3.57 Å². The van der Waals surface area contributed by atoms with Crippen molar-refractivity contribution < 1.29 is 33.3 Å². The standard InChI is InChI=1S/C27H33IN4O7/c1-4-38-23-15-19(13-20(28)25(23)39-17-24(33)32-11-5-6-12-32)16-30-31-27(35)26(34)29-10-9-18-7-8-21(36-2)22(14-18)37-3/h7-8,13-16H,4-6,9-12,17H2,1-3H3,(H,29,34)(H,31,35)/b30-16-. The normalized spacial score (nSPS) is 12.8. The van der Waals surface area contributed by atoms with Gasteiger partial charge in [-0.25, -0.2) is 5.43 Å². The Balaban J connectivity index is 1.52. The number of hydrazone groups is 1. The molecule has 11 nitrogen and oxygen atoms in total. The Morgan fingerprint density at radius 3 is 2.44 bits per heavy atom. The molecule has 0 spiro atoms. The van der Waals surface area contributed by atoms with Crippen LogP contribution in [0.3, 0.4) is 0 Å². The number of hydrogen-bond donors (Lipinski definition) is 2. The van der Waals surface area contributed by atoms with E-state index in [1.807, 2.05) is 19.1 Å². The largest absolute Gasteiger partial charge is 0.493 e. The highest BCUT2D eigenvalue weighted by molar-refractivity contribution is 14.1. The van der Waals surface area contributed by atoms with Crippen LogP contribution in [0.15, 0.2) is 35.4 Å². The van der Waals surface area contributed by atoms with Crippen LogP contribution in [0.2, 0.25) is 0 Å². The molecule has 0 unspecified atom stereocenters. The third-order valence-electron chi connectivity index (χ3n) is 5.86. The monoisotopic (exact) mass is 652 g/mol. The Hall–Kier alpha value is -3.55. The number of halogens is 1. The number of carbonyl (C=O) groups is 3. The molecule has 39 heavy (non-hydrogen) atoms. The molecule has 3 amide bonds. The molecule has 210 valence electrons. The van der Waals surface area contributed by atoms with Gasteiger partial charge in [0.25, 0.3) is 5.91 Å². The Morgan fingerprint density at radius 2 is 1.74 bits per heavy atom. The van der Waals surface area contributed by atoms with Gasteiger partial charge in [0.2, 0.25) is 0 Å². The van der Waals surface area contributed by atoms with Crippen molar-refractivity contribution in [3.05, 3.63) is 45.0 Å². The lowest BCUT2D eigenvalue weighted by Gasteiger charge is -2.18. The van der Waals surface area contributed by atoms with Crippen LogP contribution in [-0.4, -0.2) is 75.9 Å². The second-order valence-electron chi connectivity index (χ2n) is 8.53. The average molecular weight is 652 g/mol. The first-order chi connectivity index (χ1) is 18.9. The van der Waals surface area contributed by atoms with Gasteiger partial charge in [0.05, 0.1) is 30.6 Å². The van der Waals surface area contributed by atoms with Crippen LogP contribution in [0.4, 0.5) is 0 Å². The molecule has 1 heterocycles. The van der Waals surface area contributed by atoms with E-state index < -0.39 is 11.8 Å². The maximum atomic E-state index is 12.4. The van der Waals surface area contributed by atoms with Gasteiger partial charge in [-0.05, 0) is 84.2 Å². The summed E-state index contributed by atoms with van der Waals surface area (Å²) >= 11 is 2.09. The highest BCUT2D eigenvalue weighted by Crippen LogP contribution is 2.34. The summed E-state index contributed by atoms with van der Waals surface area (Å²) in [4.78, 5) is 38.5. The summed E-state index contributed by atoms with van der Waals surface area (Å²) in [5.41, 5.74) is 3.76. The lowest BCUT2D eigenvalue weighted by molar-refractivity contribution is -0.139. The van der Waals surface area contributed by atoms with Crippen molar-refractivity contribution in [1.29, 1.82) is 0 Å². The summed E-state index contributed by atoms with van der Waals surface area (Å²) in [7, 11) is 3.11. The predicted octanol–water partition coefficient (Wildman–Crippen LogP) is 2.52. The van der Waals surface area contributed by atoms with E-state index in [0.717, 1.165) is 31.5 Å². The van der Waals surface area contributed by atoms with Gasteiger partial charge in [-0.3, -0.25) is 14.4 Å². The topological polar surface area (TPSA) is 128 Å². The second kappa shape index (κ2) is 15.1. The zero-order chi connectivity index (χ0) is 28.2. The number of rotatable bonds is 12. The van der Waals surface area contributed by atoms with E-state index in [-0.39, 0.29) is 19.1 Å². The molecule has 0 radical (unpaired) electrons. The first kappa shape index (κ1) is 30.0. The van der Waals surface area contributed by atoms with Crippen LogP contribution in [-0.2, 0) is 20.8 Å². The average Bonchev–Trinajstić information content (AvgIpc) is 3.48. The Labute approximate surface area is 241 Å². The zero-order valence-corrected chi connectivity index (χ0v) is 24.4. The van der Waals surface area contributed by atoms with E-state index >= 15 is 0 Å². The van der Waals surface area contributed by atoms with Crippen LogP contribution in [0.5, 0.6) is 23.0 Å². The highest BCUT2D eigenvalue weighted by atomic mass is 127. The molecular weight excluding hydrogens is 619 g/mol. The molecule has 2 aromatic rings. The van der Waals surface area contributed by atoms with Gasteiger partial charge >= 0.3 is 11.8 Å². The van der Waals surface area contributed by atoms with Gasteiger partial charge in [0.1, 0.15) is 0 Å². The molecule has 2 aromatic carbocycles.